The summed E-state index contributed by atoms with van der Waals surface area (Å²) in [5, 5.41) is 7.01. The number of guanidine groups is 1. The van der Waals surface area contributed by atoms with Crippen LogP contribution in [0.2, 0.25) is 0 Å². The van der Waals surface area contributed by atoms with Gasteiger partial charge in [-0.25, -0.2) is 4.99 Å². The van der Waals surface area contributed by atoms with E-state index in [1.165, 1.54) is 36.8 Å². The summed E-state index contributed by atoms with van der Waals surface area (Å²) >= 11 is 0. The van der Waals surface area contributed by atoms with Gasteiger partial charge in [0.2, 0.25) is 0 Å². The molecule has 0 radical (unpaired) electrons. The highest BCUT2D eigenvalue weighted by molar-refractivity contribution is 5.80. The first-order valence-electron chi connectivity index (χ1n) is 11.0. The number of aliphatic imine (C=N–C) groups is 1. The predicted octanol–water partition coefficient (Wildman–Crippen LogP) is 4.02. The van der Waals surface area contributed by atoms with Gasteiger partial charge in [0, 0.05) is 25.8 Å². The highest BCUT2D eigenvalue weighted by atomic mass is 16.5. The van der Waals surface area contributed by atoms with E-state index in [1.54, 1.807) is 0 Å². The van der Waals surface area contributed by atoms with E-state index in [0.717, 1.165) is 44.5 Å². The molecule has 0 spiro atoms. The van der Waals surface area contributed by atoms with Gasteiger partial charge >= 0.3 is 0 Å². The molecule has 0 amide bonds. The van der Waals surface area contributed by atoms with E-state index in [2.05, 4.69) is 48.7 Å². The molecule has 1 saturated carbocycles. The maximum atomic E-state index is 6.00. The minimum atomic E-state index is 0.342. The van der Waals surface area contributed by atoms with Crippen molar-refractivity contribution in [1.82, 2.24) is 10.6 Å². The average Bonchev–Trinajstić information content (AvgIpc) is 2.74. The molecule has 1 aliphatic heterocycles. The van der Waals surface area contributed by atoms with Crippen LogP contribution in [0.5, 0.6) is 0 Å². The Bertz CT molecular complexity index is 588. The summed E-state index contributed by atoms with van der Waals surface area (Å²) in [5.41, 5.74) is 2.45. The maximum Gasteiger partial charge on any atom is 0.191 e. The van der Waals surface area contributed by atoms with Gasteiger partial charge in [-0.1, -0.05) is 31.2 Å². The lowest BCUT2D eigenvalue weighted by molar-refractivity contribution is -0.0390. The van der Waals surface area contributed by atoms with Crippen molar-refractivity contribution >= 4 is 5.96 Å². The lowest BCUT2D eigenvalue weighted by atomic mass is 9.87. The van der Waals surface area contributed by atoms with Gasteiger partial charge < -0.3 is 20.1 Å². The maximum absolute atomic E-state index is 6.00. The van der Waals surface area contributed by atoms with Crippen LogP contribution in [0.25, 0.3) is 0 Å². The number of nitrogens with zero attached hydrogens (tertiary/aromatic N) is 1. The van der Waals surface area contributed by atoms with E-state index in [0.29, 0.717) is 25.3 Å². The van der Waals surface area contributed by atoms with Gasteiger partial charge in [0.05, 0.1) is 19.3 Å². The van der Waals surface area contributed by atoms with E-state index < -0.39 is 0 Å². The minimum Gasteiger partial charge on any atom is -0.381 e. The van der Waals surface area contributed by atoms with Gasteiger partial charge in [-0.15, -0.1) is 0 Å². The molecule has 2 fully saturated rings. The summed E-state index contributed by atoms with van der Waals surface area (Å²) in [7, 11) is 0. The molecular formula is C23H37N3O2. The molecule has 5 nitrogen and oxygen atoms in total. The quantitative estimate of drug-likeness (QED) is 0.548. The number of rotatable bonds is 7. The van der Waals surface area contributed by atoms with Crippen LogP contribution in [0.15, 0.2) is 29.3 Å². The van der Waals surface area contributed by atoms with Crippen LogP contribution >= 0.6 is 0 Å². The van der Waals surface area contributed by atoms with Crippen LogP contribution in [0.3, 0.4) is 0 Å². The van der Waals surface area contributed by atoms with Crippen molar-refractivity contribution in [2.75, 3.05) is 19.8 Å². The summed E-state index contributed by atoms with van der Waals surface area (Å²) in [4.78, 5) is 4.80. The topological polar surface area (TPSA) is 54.9 Å². The summed E-state index contributed by atoms with van der Waals surface area (Å²) in [6.45, 7) is 8.38. The Morgan fingerprint density at radius 3 is 2.39 bits per heavy atom. The molecular weight excluding hydrogens is 350 g/mol. The Morgan fingerprint density at radius 1 is 1.04 bits per heavy atom. The smallest absolute Gasteiger partial charge is 0.191 e. The van der Waals surface area contributed by atoms with Crippen LogP contribution in [0, 0.1) is 5.92 Å². The predicted molar refractivity (Wildman–Crippen MR) is 114 cm³/mol. The summed E-state index contributed by atoms with van der Waals surface area (Å²) in [6, 6.07) is 9.20. The number of hydrogen-bond acceptors (Lipinski definition) is 3. The van der Waals surface area contributed by atoms with E-state index in [-0.39, 0.29) is 0 Å². The van der Waals surface area contributed by atoms with Gasteiger partial charge in [-0.3, -0.25) is 0 Å². The molecule has 156 valence electrons. The molecule has 2 aliphatic rings. The van der Waals surface area contributed by atoms with Crippen molar-refractivity contribution in [3.8, 4) is 0 Å². The van der Waals surface area contributed by atoms with Crippen LogP contribution in [0.1, 0.15) is 63.5 Å². The molecule has 0 unspecified atom stereocenters. The van der Waals surface area contributed by atoms with Gasteiger partial charge in [0.15, 0.2) is 5.96 Å². The van der Waals surface area contributed by atoms with Crippen molar-refractivity contribution in [2.24, 2.45) is 10.9 Å². The molecule has 28 heavy (non-hydrogen) atoms. The zero-order chi connectivity index (χ0) is 19.6. The Labute approximate surface area is 170 Å². The highest BCUT2D eigenvalue weighted by Crippen LogP contribution is 2.23. The number of nitrogens with one attached hydrogen (secondary N) is 2. The van der Waals surface area contributed by atoms with Crippen molar-refractivity contribution in [1.29, 1.82) is 0 Å². The second kappa shape index (κ2) is 11.4. The highest BCUT2D eigenvalue weighted by Gasteiger charge is 2.19. The molecule has 2 N–H and O–H groups in total. The molecule has 1 heterocycles. The molecule has 3 rings (SSSR count). The summed E-state index contributed by atoms with van der Waals surface area (Å²) < 4.78 is 11.4. The van der Waals surface area contributed by atoms with Crippen molar-refractivity contribution < 1.29 is 9.47 Å². The molecule has 0 bridgehead atoms. The Balaban J connectivity index is 1.46. The third-order valence-corrected chi connectivity index (χ3v) is 5.80. The number of benzene rings is 1. The first-order valence-corrected chi connectivity index (χ1v) is 11.0. The standard InChI is InChI=1S/C23H37N3O2/c1-3-24-23(26-21-10-4-18(2)5-11-21)25-16-19-6-8-20(9-7-19)17-28-22-12-14-27-15-13-22/h6-9,18,21-22H,3-5,10-17H2,1-2H3,(H2,24,25,26). The summed E-state index contributed by atoms with van der Waals surface area (Å²) in [6.07, 6.45) is 7.47. The zero-order valence-electron chi connectivity index (χ0n) is 17.6. The van der Waals surface area contributed by atoms with Crippen LogP contribution < -0.4 is 10.6 Å². The molecule has 0 aromatic heterocycles. The lowest BCUT2D eigenvalue weighted by Crippen LogP contribution is -2.44. The largest absolute Gasteiger partial charge is 0.381 e. The van der Waals surface area contributed by atoms with Crippen LogP contribution in [-0.2, 0) is 22.6 Å². The van der Waals surface area contributed by atoms with Crippen LogP contribution in [-0.4, -0.2) is 37.9 Å². The monoisotopic (exact) mass is 387 g/mol. The van der Waals surface area contributed by atoms with Crippen molar-refractivity contribution in [2.45, 2.75) is 77.7 Å². The third kappa shape index (κ3) is 7.10. The van der Waals surface area contributed by atoms with Crippen molar-refractivity contribution in [3.05, 3.63) is 35.4 Å². The van der Waals surface area contributed by atoms with Gasteiger partial charge in [0.25, 0.3) is 0 Å². The molecule has 0 atom stereocenters. The molecule has 5 heteroatoms. The Kier molecular flexibility index (Phi) is 8.62. The lowest BCUT2D eigenvalue weighted by Gasteiger charge is -2.28. The second-order valence-electron chi connectivity index (χ2n) is 8.24. The SMILES string of the molecule is CCNC(=NCc1ccc(COC2CCOCC2)cc1)NC1CCC(C)CC1. The van der Waals surface area contributed by atoms with E-state index in [1.807, 2.05) is 0 Å². The van der Waals surface area contributed by atoms with Gasteiger partial charge in [-0.2, -0.15) is 0 Å². The van der Waals surface area contributed by atoms with E-state index >= 15 is 0 Å². The van der Waals surface area contributed by atoms with E-state index in [9.17, 15) is 0 Å². The Morgan fingerprint density at radius 2 is 1.71 bits per heavy atom. The zero-order valence-corrected chi connectivity index (χ0v) is 17.6. The van der Waals surface area contributed by atoms with Crippen LogP contribution in [0.4, 0.5) is 0 Å². The normalized spacial score (nSPS) is 24.1. The van der Waals surface area contributed by atoms with Gasteiger partial charge in [-0.05, 0) is 62.5 Å². The summed E-state index contributed by atoms with van der Waals surface area (Å²) in [5.74, 6) is 1.81. The van der Waals surface area contributed by atoms with Crippen molar-refractivity contribution in [3.63, 3.8) is 0 Å². The fraction of sp³-hybridized carbons (Fsp3) is 0.696. The number of ether oxygens (including phenoxy) is 2. The second-order valence-corrected chi connectivity index (χ2v) is 8.24. The third-order valence-electron chi connectivity index (χ3n) is 5.80. The molecule has 1 aliphatic carbocycles. The first-order chi connectivity index (χ1) is 13.7. The Hall–Kier alpha value is -1.59. The average molecular weight is 388 g/mol. The minimum absolute atomic E-state index is 0.342. The molecule has 1 aromatic carbocycles. The fourth-order valence-corrected chi connectivity index (χ4v) is 3.89. The number of hydrogen-bond donors (Lipinski definition) is 2. The fourth-order valence-electron chi connectivity index (χ4n) is 3.89. The van der Waals surface area contributed by atoms with Gasteiger partial charge in [0.1, 0.15) is 0 Å². The molecule has 1 saturated heterocycles. The molecule has 1 aromatic rings. The van der Waals surface area contributed by atoms with E-state index in [4.69, 9.17) is 14.5 Å². The first kappa shape index (κ1) is 21.1.